The Morgan fingerprint density at radius 2 is 2.11 bits per heavy atom. The summed E-state index contributed by atoms with van der Waals surface area (Å²) >= 11 is 0. The molecule has 1 N–H and O–H groups in total. The van der Waals surface area contributed by atoms with E-state index >= 15 is 0 Å². The standard InChI is InChI=1S/C12H20N2O4/c1-12(2,3)18-11(17)13-9-6-4-5-7-14(8-15)10(9)16/h8-9H,4-7H2,1-3H3,(H,13,17)/t9-/m1/s1. The minimum Gasteiger partial charge on any atom is -0.444 e. The van der Waals surface area contributed by atoms with Gasteiger partial charge in [0.15, 0.2) is 0 Å². The fourth-order valence-electron chi connectivity index (χ4n) is 1.75. The molecule has 102 valence electrons. The van der Waals surface area contributed by atoms with E-state index < -0.39 is 17.7 Å². The molecule has 1 saturated heterocycles. The van der Waals surface area contributed by atoms with Crippen molar-refractivity contribution in [1.82, 2.24) is 10.2 Å². The van der Waals surface area contributed by atoms with Crippen LogP contribution in [0.3, 0.4) is 0 Å². The van der Waals surface area contributed by atoms with Crippen LogP contribution in [0.2, 0.25) is 0 Å². The van der Waals surface area contributed by atoms with E-state index in [0.29, 0.717) is 19.4 Å². The van der Waals surface area contributed by atoms with Crippen molar-refractivity contribution in [3.8, 4) is 0 Å². The van der Waals surface area contributed by atoms with Gasteiger partial charge in [-0.05, 0) is 40.0 Å². The number of imide groups is 1. The minimum atomic E-state index is -0.674. The third-order valence-corrected chi connectivity index (χ3v) is 2.54. The number of hydrogen-bond acceptors (Lipinski definition) is 4. The Balaban J connectivity index is 2.61. The van der Waals surface area contributed by atoms with Crippen LogP contribution in [0.25, 0.3) is 0 Å². The van der Waals surface area contributed by atoms with E-state index in [1.807, 2.05) is 0 Å². The summed E-state index contributed by atoms with van der Waals surface area (Å²) in [5, 5.41) is 2.52. The van der Waals surface area contributed by atoms with Crippen molar-refractivity contribution in [1.29, 1.82) is 0 Å². The normalized spacial score (nSPS) is 21.2. The lowest BCUT2D eigenvalue weighted by molar-refractivity contribution is -0.139. The highest BCUT2D eigenvalue weighted by Gasteiger charge is 2.29. The zero-order chi connectivity index (χ0) is 13.8. The number of likely N-dealkylation sites (tertiary alicyclic amines) is 1. The number of nitrogens with zero attached hydrogens (tertiary/aromatic N) is 1. The van der Waals surface area contributed by atoms with Crippen molar-refractivity contribution in [3.63, 3.8) is 0 Å². The molecule has 0 spiro atoms. The van der Waals surface area contributed by atoms with Crippen molar-refractivity contribution < 1.29 is 19.1 Å². The molecule has 0 aliphatic carbocycles. The Morgan fingerprint density at radius 3 is 2.67 bits per heavy atom. The maximum absolute atomic E-state index is 11.9. The number of amides is 3. The average molecular weight is 256 g/mol. The molecule has 6 nitrogen and oxygen atoms in total. The molecule has 0 aromatic carbocycles. The van der Waals surface area contributed by atoms with Crippen LogP contribution in [0.1, 0.15) is 40.0 Å². The van der Waals surface area contributed by atoms with Gasteiger partial charge in [-0.25, -0.2) is 4.79 Å². The van der Waals surface area contributed by atoms with Gasteiger partial charge in [0.1, 0.15) is 11.6 Å². The zero-order valence-corrected chi connectivity index (χ0v) is 11.1. The van der Waals surface area contributed by atoms with Gasteiger partial charge < -0.3 is 10.1 Å². The predicted molar refractivity (Wildman–Crippen MR) is 64.8 cm³/mol. The molecule has 3 amide bonds. The Labute approximate surface area is 107 Å². The van der Waals surface area contributed by atoms with Crippen LogP contribution >= 0.6 is 0 Å². The first-order valence-corrected chi connectivity index (χ1v) is 6.09. The van der Waals surface area contributed by atoms with Crippen molar-refractivity contribution in [2.75, 3.05) is 6.54 Å². The van der Waals surface area contributed by atoms with Crippen LogP contribution in [-0.2, 0) is 14.3 Å². The van der Waals surface area contributed by atoms with Crippen LogP contribution in [0.4, 0.5) is 4.79 Å². The van der Waals surface area contributed by atoms with Gasteiger partial charge in [0.25, 0.3) is 5.91 Å². The topological polar surface area (TPSA) is 75.7 Å². The second-order valence-electron chi connectivity index (χ2n) is 5.33. The van der Waals surface area contributed by atoms with Crippen LogP contribution in [-0.4, -0.2) is 41.5 Å². The summed E-state index contributed by atoms with van der Waals surface area (Å²) in [6.07, 6.45) is 1.96. The van der Waals surface area contributed by atoms with E-state index in [1.165, 1.54) is 0 Å². The van der Waals surface area contributed by atoms with Crippen LogP contribution in [0.5, 0.6) is 0 Å². The summed E-state index contributed by atoms with van der Waals surface area (Å²) in [6.45, 7) is 5.66. The van der Waals surface area contributed by atoms with E-state index in [0.717, 1.165) is 17.7 Å². The van der Waals surface area contributed by atoms with Crippen molar-refractivity contribution in [2.45, 2.75) is 51.7 Å². The molecule has 0 aromatic heterocycles. The van der Waals surface area contributed by atoms with Gasteiger partial charge in [0, 0.05) is 6.54 Å². The smallest absolute Gasteiger partial charge is 0.408 e. The molecule has 0 aromatic rings. The summed E-state index contributed by atoms with van der Waals surface area (Å²) in [5.74, 6) is -0.367. The Kier molecular flexibility index (Phi) is 4.69. The molecular formula is C12H20N2O4. The van der Waals surface area contributed by atoms with Gasteiger partial charge >= 0.3 is 6.09 Å². The molecule has 1 aliphatic rings. The molecule has 1 atom stereocenters. The quantitative estimate of drug-likeness (QED) is 0.749. The zero-order valence-electron chi connectivity index (χ0n) is 11.1. The average Bonchev–Trinajstić information content (AvgIpc) is 2.39. The number of carbonyl (C=O) groups excluding carboxylic acids is 3. The Hall–Kier alpha value is -1.59. The molecule has 1 fully saturated rings. The summed E-state index contributed by atoms with van der Waals surface area (Å²) in [6, 6.07) is -0.674. The lowest BCUT2D eigenvalue weighted by Crippen LogP contribution is -2.48. The summed E-state index contributed by atoms with van der Waals surface area (Å²) < 4.78 is 5.09. The summed E-state index contributed by atoms with van der Waals surface area (Å²) in [7, 11) is 0. The number of rotatable bonds is 2. The van der Waals surface area contributed by atoms with Gasteiger partial charge in [-0.1, -0.05) is 0 Å². The molecule has 18 heavy (non-hydrogen) atoms. The van der Waals surface area contributed by atoms with Gasteiger partial charge in [-0.15, -0.1) is 0 Å². The van der Waals surface area contributed by atoms with Crippen LogP contribution < -0.4 is 5.32 Å². The van der Waals surface area contributed by atoms with Crippen molar-refractivity contribution in [2.24, 2.45) is 0 Å². The molecule has 0 unspecified atom stereocenters. The molecule has 0 radical (unpaired) electrons. The fraction of sp³-hybridized carbons (Fsp3) is 0.750. The first-order chi connectivity index (χ1) is 8.33. The largest absolute Gasteiger partial charge is 0.444 e. The maximum atomic E-state index is 11.9. The highest BCUT2D eigenvalue weighted by atomic mass is 16.6. The molecule has 6 heteroatoms. The monoisotopic (exact) mass is 256 g/mol. The Morgan fingerprint density at radius 1 is 1.44 bits per heavy atom. The van der Waals surface area contributed by atoms with Gasteiger partial charge in [-0.2, -0.15) is 0 Å². The number of hydrogen-bond donors (Lipinski definition) is 1. The van der Waals surface area contributed by atoms with Crippen molar-refractivity contribution >= 4 is 18.4 Å². The maximum Gasteiger partial charge on any atom is 0.408 e. The van der Waals surface area contributed by atoms with E-state index in [1.54, 1.807) is 20.8 Å². The summed E-state index contributed by atoms with van der Waals surface area (Å²) in [5.41, 5.74) is -0.609. The highest BCUT2D eigenvalue weighted by molar-refractivity contribution is 5.92. The van der Waals surface area contributed by atoms with E-state index in [2.05, 4.69) is 5.32 Å². The molecule has 1 rings (SSSR count). The van der Waals surface area contributed by atoms with Crippen LogP contribution in [0.15, 0.2) is 0 Å². The third kappa shape index (κ3) is 4.35. The molecule has 0 bridgehead atoms. The van der Waals surface area contributed by atoms with Crippen LogP contribution in [0, 0.1) is 0 Å². The number of nitrogens with one attached hydrogen (secondary N) is 1. The fourth-order valence-corrected chi connectivity index (χ4v) is 1.75. The molecular weight excluding hydrogens is 236 g/mol. The lowest BCUT2D eigenvalue weighted by Gasteiger charge is -2.23. The van der Waals surface area contributed by atoms with E-state index in [-0.39, 0.29) is 5.91 Å². The van der Waals surface area contributed by atoms with Gasteiger partial charge in [0.05, 0.1) is 0 Å². The first kappa shape index (κ1) is 14.5. The minimum absolute atomic E-state index is 0.367. The predicted octanol–water partition coefficient (Wildman–Crippen LogP) is 1.05. The van der Waals surface area contributed by atoms with E-state index in [9.17, 15) is 14.4 Å². The number of alkyl carbamates (subject to hydrolysis) is 1. The SMILES string of the molecule is CC(C)(C)OC(=O)N[C@@H]1CCCCN(C=O)C1=O. The third-order valence-electron chi connectivity index (χ3n) is 2.54. The molecule has 1 aliphatic heterocycles. The molecule has 0 saturated carbocycles. The lowest BCUT2D eigenvalue weighted by atomic mass is 10.1. The molecule has 1 heterocycles. The van der Waals surface area contributed by atoms with Crippen molar-refractivity contribution in [3.05, 3.63) is 0 Å². The highest BCUT2D eigenvalue weighted by Crippen LogP contribution is 2.12. The van der Waals surface area contributed by atoms with E-state index in [4.69, 9.17) is 4.74 Å². The Bertz CT molecular complexity index is 335. The number of ether oxygens (including phenoxy) is 1. The number of carbonyl (C=O) groups is 3. The van der Waals surface area contributed by atoms with Gasteiger partial charge in [-0.3, -0.25) is 14.5 Å². The summed E-state index contributed by atoms with van der Waals surface area (Å²) in [4.78, 5) is 35.3. The van der Waals surface area contributed by atoms with Gasteiger partial charge in [0.2, 0.25) is 6.41 Å². The second-order valence-corrected chi connectivity index (χ2v) is 5.33. The first-order valence-electron chi connectivity index (χ1n) is 6.09. The second kappa shape index (κ2) is 5.84.